The highest BCUT2D eigenvalue weighted by atomic mass is 16.1. The summed E-state index contributed by atoms with van der Waals surface area (Å²) in [5.41, 5.74) is 4.22. The average Bonchev–Trinajstić information content (AvgIpc) is 2.88. The molecule has 0 radical (unpaired) electrons. The van der Waals surface area contributed by atoms with Crippen molar-refractivity contribution in [1.29, 1.82) is 5.26 Å². The van der Waals surface area contributed by atoms with Crippen LogP contribution in [0.5, 0.6) is 0 Å². The molecule has 0 saturated heterocycles. The zero-order valence-electron chi connectivity index (χ0n) is 11.8. The van der Waals surface area contributed by atoms with Crippen molar-refractivity contribution in [1.82, 2.24) is 0 Å². The van der Waals surface area contributed by atoms with Crippen LogP contribution in [0.15, 0.2) is 42.5 Å². The third kappa shape index (κ3) is 2.59. The Bertz CT molecular complexity index is 746. The van der Waals surface area contributed by atoms with Crippen molar-refractivity contribution >= 4 is 17.3 Å². The van der Waals surface area contributed by atoms with Crippen molar-refractivity contribution in [2.24, 2.45) is 0 Å². The van der Waals surface area contributed by atoms with Crippen LogP contribution < -0.4 is 10.2 Å². The smallest absolute Gasteiger partial charge is 0.255 e. The Balaban J connectivity index is 1.82. The molecule has 0 unspecified atom stereocenters. The second-order valence-corrected chi connectivity index (χ2v) is 5.16. The summed E-state index contributed by atoms with van der Waals surface area (Å²) in [6.07, 6.45) is 1.05. The van der Waals surface area contributed by atoms with Gasteiger partial charge in [0.05, 0.1) is 11.6 Å². The average molecular weight is 277 g/mol. The highest BCUT2D eigenvalue weighted by Crippen LogP contribution is 2.29. The number of hydrogen-bond donors (Lipinski definition) is 1. The standard InChI is InChI=1S/C17H15N3O/c1-20-8-7-13-5-6-15(10-16(13)20)19-17(21)14-4-2-3-12(9-14)11-18/h2-6,9-10H,7-8H2,1H3,(H,19,21). The zero-order chi connectivity index (χ0) is 14.8. The lowest BCUT2D eigenvalue weighted by Gasteiger charge is -2.13. The molecule has 3 rings (SSSR count). The van der Waals surface area contributed by atoms with E-state index in [1.807, 2.05) is 25.2 Å². The molecule has 1 heterocycles. The van der Waals surface area contributed by atoms with Crippen molar-refractivity contribution in [2.45, 2.75) is 6.42 Å². The van der Waals surface area contributed by atoms with Gasteiger partial charge in [0.1, 0.15) is 0 Å². The molecule has 2 aromatic rings. The summed E-state index contributed by atoms with van der Waals surface area (Å²) in [5, 5.41) is 11.8. The monoisotopic (exact) mass is 277 g/mol. The Labute approximate surface area is 123 Å². The Morgan fingerprint density at radius 3 is 2.95 bits per heavy atom. The number of rotatable bonds is 2. The molecule has 0 atom stereocenters. The SMILES string of the molecule is CN1CCc2ccc(NC(=O)c3cccc(C#N)c3)cc21. The number of fused-ring (bicyclic) bond motifs is 1. The van der Waals surface area contributed by atoms with Crippen LogP contribution in [0.2, 0.25) is 0 Å². The van der Waals surface area contributed by atoms with Crippen molar-refractivity contribution < 1.29 is 4.79 Å². The van der Waals surface area contributed by atoms with Crippen LogP contribution in [0.4, 0.5) is 11.4 Å². The van der Waals surface area contributed by atoms with Gasteiger partial charge < -0.3 is 10.2 Å². The summed E-state index contributed by atoms with van der Waals surface area (Å²) in [7, 11) is 2.05. The van der Waals surface area contributed by atoms with E-state index in [1.54, 1.807) is 24.3 Å². The number of nitriles is 1. The van der Waals surface area contributed by atoms with E-state index in [-0.39, 0.29) is 5.91 Å². The highest BCUT2D eigenvalue weighted by Gasteiger charge is 2.16. The van der Waals surface area contributed by atoms with Crippen molar-refractivity contribution in [3.8, 4) is 6.07 Å². The van der Waals surface area contributed by atoms with E-state index >= 15 is 0 Å². The van der Waals surface area contributed by atoms with E-state index in [4.69, 9.17) is 5.26 Å². The minimum absolute atomic E-state index is 0.201. The lowest BCUT2D eigenvalue weighted by atomic mass is 10.1. The number of nitrogens with zero attached hydrogens (tertiary/aromatic N) is 2. The quantitative estimate of drug-likeness (QED) is 0.918. The maximum Gasteiger partial charge on any atom is 0.255 e. The first kappa shape index (κ1) is 13.2. The van der Waals surface area contributed by atoms with Crippen LogP contribution in [-0.4, -0.2) is 19.5 Å². The Hall–Kier alpha value is -2.80. The number of carbonyl (C=O) groups is 1. The fourth-order valence-electron chi connectivity index (χ4n) is 2.55. The molecule has 21 heavy (non-hydrogen) atoms. The van der Waals surface area contributed by atoms with Gasteiger partial charge in [-0.25, -0.2) is 0 Å². The molecule has 2 aromatic carbocycles. The van der Waals surface area contributed by atoms with Gasteiger partial charge in [0.2, 0.25) is 0 Å². The fraction of sp³-hybridized carbons (Fsp3) is 0.176. The number of hydrogen-bond acceptors (Lipinski definition) is 3. The summed E-state index contributed by atoms with van der Waals surface area (Å²) in [6.45, 7) is 1.01. The maximum absolute atomic E-state index is 12.2. The predicted molar refractivity (Wildman–Crippen MR) is 82.5 cm³/mol. The van der Waals surface area contributed by atoms with Crippen LogP contribution >= 0.6 is 0 Å². The largest absolute Gasteiger partial charge is 0.374 e. The van der Waals surface area contributed by atoms with E-state index in [1.165, 1.54) is 11.3 Å². The van der Waals surface area contributed by atoms with Crippen molar-refractivity contribution in [3.63, 3.8) is 0 Å². The first-order valence-corrected chi connectivity index (χ1v) is 6.83. The molecule has 0 bridgehead atoms. The van der Waals surface area contributed by atoms with Gasteiger partial charge in [-0.3, -0.25) is 4.79 Å². The predicted octanol–water partition coefficient (Wildman–Crippen LogP) is 2.80. The van der Waals surface area contributed by atoms with E-state index in [9.17, 15) is 4.79 Å². The molecule has 104 valence electrons. The van der Waals surface area contributed by atoms with Gasteiger partial charge in [0, 0.05) is 30.5 Å². The number of anilines is 2. The van der Waals surface area contributed by atoms with Gasteiger partial charge in [0.25, 0.3) is 5.91 Å². The van der Waals surface area contributed by atoms with Crippen LogP contribution in [0.25, 0.3) is 0 Å². The molecule has 4 heteroatoms. The van der Waals surface area contributed by atoms with E-state index in [2.05, 4.69) is 16.3 Å². The van der Waals surface area contributed by atoms with Crippen molar-refractivity contribution in [3.05, 3.63) is 59.2 Å². The minimum Gasteiger partial charge on any atom is -0.374 e. The van der Waals surface area contributed by atoms with E-state index < -0.39 is 0 Å². The molecule has 0 fully saturated rings. The number of carbonyl (C=O) groups excluding carboxylic acids is 1. The Morgan fingerprint density at radius 1 is 1.29 bits per heavy atom. The van der Waals surface area contributed by atoms with Gasteiger partial charge in [0.15, 0.2) is 0 Å². The molecule has 1 N–H and O–H groups in total. The van der Waals surface area contributed by atoms with Gasteiger partial charge in [-0.2, -0.15) is 5.26 Å². The topological polar surface area (TPSA) is 56.1 Å². The summed E-state index contributed by atoms with van der Waals surface area (Å²) in [6, 6.07) is 14.7. The highest BCUT2D eigenvalue weighted by molar-refractivity contribution is 6.04. The summed E-state index contributed by atoms with van der Waals surface area (Å²) in [5.74, 6) is -0.201. The van der Waals surface area contributed by atoms with E-state index in [0.717, 1.165) is 18.7 Å². The molecule has 0 aliphatic carbocycles. The third-order valence-corrected chi connectivity index (χ3v) is 3.72. The third-order valence-electron chi connectivity index (χ3n) is 3.72. The number of likely N-dealkylation sites (N-methyl/N-ethyl adjacent to an activating group) is 1. The summed E-state index contributed by atoms with van der Waals surface area (Å²) >= 11 is 0. The van der Waals surface area contributed by atoms with Gasteiger partial charge in [-0.05, 0) is 42.3 Å². The zero-order valence-corrected chi connectivity index (χ0v) is 11.8. The Morgan fingerprint density at radius 2 is 2.14 bits per heavy atom. The van der Waals surface area contributed by atoms with Gasteiger partial charge in [-0.15, -0.1) is 0 Å². The minimum atomic E-state index is -0.201. The lowest BCUT2D eigenvalue weighted by Crippen LogP contribution is -2.14. The van der Waals surface area contributed by atoms with Crippen LogP contribution in [0.1, 0.15) is 21.5 Å². The number of amides is 1. The van der Waals surface area contributed by atoms with Crippen LogP contribution in [-0.2, 0) is 6.42 Å². The molecule has 0 saturated carbocycles. The number of nitrogens with one attached hydrogen (secondary N) is 1. The van der Waals surface area contributed by atoms with E-state index in [0.29, 0.717) is 11.1 Å². The molecular weight excluding hydrogens is 262 g/mol. The summed E-state index contributed by atoms with van der Waals surface area (Å²) < 4.78 is 0. The molecular formula is C17H15N3O. The van der Waals surface area contributed by atoms with Crippen LogP contribution in [0, 0.1) is 11.3 Å². The molecule has 1 aliphatic heterocycles. The molecule has 0 spiro atoms. The Kier molecular flexibility index (Phi) is 3.33. The van der Waals surface area contributed by atoms with Crippen molar-refractivity contribution in [2.75, 3.05) is 23.8 Å². The van der Waals surface area contributed by atoms with Gasteiger partial charge >= 0.3 is 0 Å². The van der Waals surface area contributed by atoms with Crippen LogP contribution in [0.3, 0.4) is 0 Å². The molecule has 4 nitrogen and oxygen atoms in total. The first-order chi connectivity index (χ1) is 10.2. The second-order valence-electron chi connectivity index (χ2n) is 5.16. The summed E-state index contributed by atoms with van der Waals surface area (Å²) in [4.78, 5) is 14.4. The fourth-order valence-corrected chi connectivity index (χ4v) is 2.55. The normalized spacial score (nSPS) is 12.7. The second kappa shape index (κ2) is 5.29. The maximum atomic E-state index is 12.2. The molecule has 1 aliphatic rings. The van der Waals surface area contributed by atoms with Gasteiger partial charge in [-0.1, -0.05) is 12.1 Å². The lowest BCUT2D eigenvalue weighted by molar-refractivity contribution is 0.102. The first-order valence-electron chi connectivity index (χ1n) is 6.83. The number of benzene rings is 2. The molecule has 1 amide bonds. The molecule has 0 aromatic heterocycles.